The average Bonchev–Trinajstić information content (AvgIpc) is 2.76. The lowest BCUT2D eigenvalue weighted by Gasteiger charge is -2.38. The third-order valence-corrected chi connectivity index (χ3v) is 5.10. The highest BCUT2D eigenvalue weighted by molar-refractivity contribution is 5.98. The number of amides is 1. The standard InChI is InChI=1S/C21H31NO3/c1-6-25-19(24)21(5)14-8-7-9-15-22(21)18(23)16-10-12-17(13-11-16)20(2,3)4/h10-13H,6-9,14-15H2,1-5H3. The van der Waals surface area contributed by atoms with E-state index in [0.29, 0.717) is 25.1 Å². The van der Waals surface area contributed by atoms with Crippen LogP contribution >= 0.6 is 0 Å². The molecule has 1 aromatic rings. The Morgan fingerprint density at radius 1 is 1.12 bits per heavy atom. The van der Waals surface area contributed by atoms with Crippen LogP contribution < -0.4 is 0 Å². The normalized spacial score (nSPS) is 21.6. The maximum Gasteiger partial charge on any atom is 0.331 e. The first-order valence-corrected chi connectivity index (χ1v) is 9.30. The molecule has 0 aromatic heterocycles. The van der Waals surface area contributed by atoms with Gasteiger partial charge in [-0.1, -0.05) is 45.7 Å². The van der Waals surface area contributed by atoms with Gasteiger partial charge in [-0.2, -0.15) is 0 Å². The smallest absolute Gasteiger partial charge is 0.331 e. The first kappa shape index (κ1) is 19.5. The van der Waals surface area contributed by atoms with Gasteiger partial charge in [-0.25, -0.2) is 4.79 Å². The third-order valence-electron chi connectivity index (χ3n) is 5.10. The van der Waals surface area contributed by atoms with Crippen LogP contribution in [0.3, 0.4) is 0 Å². The minimum absolute atomic E-state index is 0.0453. The Hall–Kier alpha value is -1.84. The van der Waals surface area contributed by atoms with Crippen LogP contribution in [0.5, 0.6) is 0 Å². The SMILES string of the molecule is CCOC(=O)C1(C)CCCCCN1C(=O)c1ccc(C(C)(C)C)cc1. The van der Waals surface area contributed by atoms with Crippen molar-refractivity contribution in [2.24, 2.45) is 0 Å². The predicted octanol–water partition coefficient (Wildman–Crippen LogP) is 4.32. The summed E-state index contributed by atoms with van der Waals surface area (Å²) in [6.45, 7) is 11.0. The van der Waals surface area contributed by atoms with E-state index in [-0.39, 0.29) is 17.3 Å². The summed E-state index contributed by atoms with van der Waals surface area (Å²) < 4.78 is 5.29. The van der Waals surface area contributed by atoms with Crippen LogP contribution in [0.1, 0.15) is 76.2 Å². The van der Waals surface area contributed by atoms with Gasteiger partial charge in [0.05, 0.1) is 6.61 Å². The highest BCUT2D eigenvalue weighted by Gasteiger charge is 2.44. The van der Waals surface area contributed by atoms with Crippen molar-refractivity contribution in [2.75, 3.05) is 13.2 Å². The van der Waals surface area contributed by atoms with Crippen LogP contribution in [0.4, 0.5) is 0 Å². The Labute approximate surface area is 151 Å². The number of esters is 1. The zero-order valence-corrected chi connectivity index (χ0v) is 16.2. The van der Waals surface area contributed by atoms with Crippen LogP contribution in [0.15, 0.2) is 24.3 Å². The second-order valence-corrected chi connectivity index (χ2v) is 8.09. The van der Waals surface area contributed by atoms with Crippen LogP contribution in [-0.4, -0.2) is 35.5 Å². The number of rotatable bonds is 3. The van der Waals surface area contributed by atoms with E-state index < -0.39 is 5.54 Å². The minimum Gasteiger partial charge on any atom is -0.464 e. The van der Waals surface area contributed by atoms with Crippen molar-refractivity contribution in [3.8, 4) is 0 Å². The molecule has 138 valence electrons. The van der Waals surface area contributed by atoms with Gasteiger partial charge in [0.15, 0.2) is 0 Å². The fourth-order valence-electron chi connectivity index (χ4n) is 3.39. The maximum atomic E-state index is 13.2. The molecule has 1 heterocycles. The summed E-state index contributed by atoms with van der Waals surface area (Å²) in [5.74, 6) is -0.380. The topological polar surface area (TPSA) is 46.6 Å². The number of likely N-dealkylation sites (tertiary alicyclic amines) is 1. The van der Waals surface area contributed by atoms with Gasteiger partial charge in [-0.3, -0.25) is 4.79 Å². The second-order valence-electron chi connectivity index (χ2n) is 8.09. The van der Waals surface area contributed by atoms with Crippen molar-refractivity contribution in [1.82, 2.24) is 4.90 Å². The number of hydrogen-bond acceptors (Lipinski definition) is 3. The molecule has 1 amide bonds. The molecule has 2 rings (SSSR count). The lowest BCUT2D eigenvalue weighted by Crippen LogP contribution is -2.55. The quantitative estimate of drug-likeness (QED) is 0.766. The number of carbonyl (C=O) groups excluding carboxylic acids is 2. The number of nitrogens with zero attached hydrogens (tertiary/aromatic N) is 1. The van der Waals surface area contributed by atoms with E-state index in [4.69, 9.17) is 4.74 Å². The van der Waals surface area contributed by atoms with Gasteiger partial charge >= 0.3 is 5.97 Å². The minimum atomic E-state index is -0.883. The van der Waals surface area contributed by atoms with Crippen molar-refractivity contribution in [3.63, 3.8) is 0 Å². The molecular formula is C21H31NO3. The van der Waals surface area contributed by atoms with Gasteiger partial charge in [-0.05, 0) is 49.8 Å². The van der Waals surface area contributed by atoms with Crippen molar-refractivity contribution in [3.05, 3.63) is 35.4 Å². The zero-order valence-electron chi connectivity index (χ0n) is 16.2. The van der Waals surface area contributed by atoms with Crippen LogP contribution in [0.25, 0.3) is 0 Å². The van der Waals surface area contributed by atoms with Gasteiger partial charge in [0, 0.05) is 12.1 Å². The van der Waals surface area contributed by atoms with E-state index >= 15 is 0 Å². The van der Waals surface area contributed by atoms with Gasteiger partial charge in [-0.15, -0.1) is 0 Å². The van der Waals surface area contributed by atoms with Crippen LogP contribution in [0.2, 0.25) is 0 Å². The van der Waals surface area contributed by atoms with Crippen molar-refractivity contribution >= 4 is 11.9 Å². The summed E-state index contributed by atoms with van der Waals surface area (Å²) in [6, 6.07) is 7.76. The number of ether oxygens (including phenoxy) is 1. The van der Waals surface area contributed by atoms with Crippen molar-refractivity contribution in [1.29, 1.82) is 0 Å². The Balaban J connectivity index is 2.31. The highest BCUT2D eigenvalue weighted by Crippen LogP contribution is 2.30. The lowest BCUT2D eigenvalue weighted by atomic mass is 9.86. The molecule has 1 saturated heterocycles. The first-order chi connectivity index (χ1) is 11.7. The Morgan fingerprint density at radius 2 is 1.76 bits per heavy atom. The number of hydrogen-bond donors (Lipinski definition) is 0. The van der Waals surface area contributed by atoms with E-state index in [1.165, 1.54) is 5.56 Å². The Bertz CT molecular complexity index is 615. The highest BCUT2D eigenvalue weighted by atomic mass is 16.5. The van der Waals surface area contributed by atoms with E-state index in [1.807, 2.05) is 31.2 Å². The molecule has 1 unspecified atom stereocenters. The summed E-state index contributed by atoms with van der Waals surface area (Å²) in [5, 5.41) is 0. The summed E-state index contributed by atoms with van der Waals surface area (Å²) in [6.07, 6.45) is 3.53. The van der Waals surface area contributed by atoms with E-state index in [1.54, 1.807) is 11.8 Å². The van der Waals surface area contributed by atoms with Crippen LogP contribution in [-0.2, 0) is 14.9 Å². The molecule has 1 atom stereocenters. The van der Waals surface area contributed by atoms with Crippen molar-refractivity contribution < 1.29 is 14.3 Å². The van der Waals surface area contributed by atoms with Crippen molar-refractivity contribution in [2.45, 2.75) is 71.3 Å². The molecule has 0 N–H and O–H groups in total. The summed E-state index contributed by atoms with van der Waals surface area (Å²) in [5.41, 5.74) is 0.981. The largest absolute Gasteiger partial charge is 0.464 e. The predicted molar refractivity (Wildman–Crippen MR) is 99.7 cm³/mol. The number of carbonyl (C=O) groups is 2. The molecule has 1 fully saturated rings. The first-order valence-electron chi connectivity index (χ1n) is 9.30. The average molecular weight is 345 g/mol. The lowest BCUT2D eigenvalue weighted by molar-refractivity contribution is -0.155. The summed E-state index contributed by atoms with van der Waals surface area (Å²) in [7, 11) is 0. The molecule has 1 aromatic carbocycles. The molecule has 0 radical (unpaired) electrons. The summed E-state index contributed by atoms with van der Waals surface area (Å²) >= 11 is 0. The van der Waals surface area contributed by atoms with Gasteiger partial charge in [0.25, 0.3) is 5.91 Å². The fraction of sp³-hybridized carbons (Fsp3) is 0.619. The third kappa shape index (κ3) is 4.23. The van der Waals surface area contributed by atoms with Gasteiger partial charge in [0.1, 0.15) is 5.54 Å². The molecular weight excluding hydrogens is 314 g/mol. The molecule has 0 aliphatic carbocycles. The maximum absolute atomic E-state index is 13.2. The monoisotopic (exact) mass is 345 g/mol. The Kier molecular flexibility index (Phi) is 5.91. The number of benzene rings is 1. The van der Waals surface area contributed by atoms with Crippen LogP contribution in [0, 0.1) is 0 Å². The van der Waals surface area contributed by atoms with E-state index in [9.17, 15) is 9.59 Å². The van der Waals surface area contributed by atoms with Gasteiger partial charge < -0.3 is 9.64 Å². The molecule has 4 nitrogen and oxygen atoms in total. The van der Waals surface area contributed by atoms with E-state index in [2.05, 4.69) is 20.8 Å². The molecule has 4 heteroatoms. The molecule has 0 saturated carbocycles. The molecule has 25 heavy (non-hydrogen) atoms. The molecule has 0 spiro atoms. The second kappa shape index (κ2) is 7.59. The molecule has 1 aliphatic heterocycles. The Morgan fingerprint density at radius 3 is 2.32 bits per heavy atom. The fourth-order valence-corrected chi connectivity index (χ4v) is 3.39. The molecule has 0 bridgehead atoms. The summed E-state index contributed by atoms with van der Waals surface area (Å²) in [4.78, 5) is 27.5. The van der Waals surface area contributed by atoms with Gasteiger partial charge in [0.2, 0.25) is 0 Å². The molecule has 1 aliphatic rings. The van der Waals surface area contributed by atoms with E-state index in [0.717, 1.165) is 19.3 Å². The zero-order chi connectivity index (χ0) is 18.7.